The second-order valence-electron chi connectivity index (χ2n) is 5.95. The first-order valence-electron chi connectivity index (χ1n) is 8.15. The molecule has 1 aliphatic rings. The van der Waals surface area contributed by atoms with Crippen LogP contribution in [0.5, 0.6) is 11.5 Å². The summed E-state index contributed by atoms with van der Waals surface area (Å²) in [5.41, 5.74) is 2.48. The number of benzene rings is 2. The van der Waals surface area contributed by atoms with Crippen molar-refractivity contribution < 1.29 is 18.7 Å². The second kappa shape index (κ2) is 6.47. The van der Waals surface area contributed by atoms with E-state index in [9.17, 15) is 4.79 Å². The van der Waals surface area contributed by atoms with Gasteiger partial charge in [0, 0.05) is 0 Å². The van der Waals surface area contributed by atoms with Crippen LogP contribution in [-0.2, 0) is 17.8 Å². The van der Waals surface area contributed by atoms with E-state index in [1.165, 1.54) is 0 Å². The molecule has 1 aromatic heterocycles. The van der Waals surface area contributed by atoms with Gasteiger partial charge in [0.25, 0.3) is 0 Å². The number of hydrogen-bond acceptors (Lipinski definition) is 5. The van der Waals surface area contributed by atoms with E-state index in [0.717, 1.165) is 16.8 Å². The number of methoxy groups -OCH3 is 1. The molecule has 0 radical (unpaired) electrons. The van der Waals surface area contributed by atoms with Crippen molar-refractivity contribution >= 4 is 17.0 Å². The highest BCUT2D eigenvalue weighted by molar-refractivity contribution is 5.80. The summed E-state index contributed by atoms with van der Waals surface area (Å²) in [5, 5.41) is 2.88. The van der Waals surface area contributed by atoms with Crippen LogP contribution in [-0.4, -0.2) is 24.6 Å². The lowest BCUT2D eigenvalue weighted by Crippen LogP contribution is -2.37. The number of nitrogens with zero attached hydrogens (tertiary/aromatic N) is 1. The maximum Gasteiger partial charge on any atom is 0.227 e. The molecule has 0 bridgehead atoms. The molecule has 0 saturated carbocycles. The number of nitrogens with one attached hydrogen (secondary N) is 1. The summed E-state index contributed by atoms with van der Waals surface area (Å²) in [4.78, 5) is 16.8. The molecule has 0 aliphatic carbocycles. The number of carbonyl (C=O) groups is 1. The van der Waals surface area contributed by atoms with Crippen LogP contribution in [0.4, 0.5) is 0 Å². The lowest BCUT2D eigenvalue weighted by atomic mass is 9.95. The normalized spacial score (nSPS) is 16.1. The Balaban J connectivity index is 1.41. The number of ether oxygens (including phenoxy) is 2. The zero-order chi connectivity index (χ0) is 17.2. The number of aromatic nitrogens is 1. The van der Waals surface area contributed by atoms with Crippen molar-refractivity contribution in [3.8, 4) is 11.5 Å². The molecular formula is C19H18N2O4. The molecule has 1 amide bonds. The van der Waals surface area contributed by atoms with Crippen molar-refractivity contribution in [2.45, 2.75) is 13.0 Å². The summed E-state index contributed by atoms with van der Waals surface area (Å²) in [5.74, 6) is 1.60. The van der Waals surface area contributed by atoms with E-state index in [1.54, 1.807) is 7.11 Å². The molecule has 1 N–H and O–H groups in total. The SMILES string of the molecule is COc1cccc2c1OC[C@@H](C(=O)NCc1nc3ccccc3o1)C2. The molecular weight excluding hydrogens is 320 g/mol. The fraction of sp³-hybridized carbons (Fsp3) is 0.263. The maximum absolute atomic E-state index is 12.5. The van der Waals surface area contributed by atoms with Crippen molar-refractivity contribution in [3.05, 3.63) is 53.9 Å². The van der Waals surface area contributed by atoms with Gasteiger partial charge in [0.15, 0.2) is 17.1 Å². The van der Waals surface area contributed by atoms with Gasteiger partial charge in [0.1, 0.15) is 12.1 Å². The van der Waals surface area contributed by atoms with Gasteiger partial charge in [-0.05, 0) is 30.2 Å². The fourth-order valence-electron chi connectivity index (χ4n) is 3.03. The predicted molar refractivity (Wildman–Crippen MR) is 91.5 cm³/mol. The number of carbonyl (C=O) groups excluding carboxylic acids is 1. The van der Waals surface area contributed by atoms with E-state index in [-0.39, 0.29) is 18.4 Å². The molecule has 2 heterocycles. The van der Waals surface area contributed by atoms with Gasteiger partial charge in [-0.3, -0.25) is 4.79 Å². The lowest BCUT2D eigenvalue weighted by Gasteiger charge is -2.25. The van der Waals surface area contributed by atoms with Crippen LogP contribution in [0, 0.1) is 5.92 Å². The Hall–Kier alpha value is -3.02. The van der Waals surface area contributed by atoms with Gasteiger partial charge < -0.3 is 19.2 Å². The van der Waals surface area contributed by atoms with Crippen LogP contribution in [0.25, 0.3) is 11.1 Å². The highest BCUT2D eigenvalue weighted by Gasteiger charge is 2.27. The Labute approximate surface area is 144 Å². The van der Waals surface area contributed by atoms with Crippen molar-refractivity contribution in [1.29, 1.82) is 0 Å². The van der Waals surface area contributed by atoms with Gasteiger partial charge in [-0.1, -0.05) is 24.3 Å². The summed E-state index contributed by atoms with van der Waals surface area (Å²) in [7, 11) is 1.61. The average Bonchev–Trinajstić information content (AvgIpc) is 3.08. The molecule has 1 atom stereocenters. The first-order valence-corrected chi connectivity index (χ1v) is 8.15. The molecule has 0 spiro atoms. The number of fused-ring (bicyclic) bond motifs is 2. The van der Waals surface area contributed by atoms with E-state index >= 15 is 0 Å². The van der Waals surface area contributed by atoms with Gasteiger partial charge in [-0.25, -0.2) is 4.98 Å². The third-order valence-electron chi connectivity index (χ3n) is 4.30. The average molecular weight is 338 g/mol. The van der Waals surface area contributed by atoms with E-state index in [0.29, 0.717) is 30.3 Å². The van der Waals surface area contributed by atoms with Crippen LogP contribution < -0.4 is 14.8 Å². The highest BCUT2D eigenvalue weighted by Crippen LogP contribution is 2.36. The largest absolute Gasteiger partial charge is 0.493 e. The Morgan fingerprint density at radius 3 is 3.00 bits per heavy atom. The lowest BCUT2D eigenvalue weighted by molar-refractivity contribution is -0.126. The van der Waals surface area contributed by atoms with E-state index < -0.39 is 0 Å². The van der Waals surface area contributed by atoms with Gasteiger partial charge in [0.2, 0.25) is 11.8 Å². The molecule has 0 saturated heterocycles. The van der Waals surface area contributed by atoms with E-state index in [1.807, 2.05) is 42.5 Å². The summed E-state index contributed by atoms with van der Waals surface area (Å²) < 4.78 is 16.7. The number of para-hydroxylation sites is 3. The van der Waals surface area contributed by atoms with Crippen molar-refractivity contribution in [3.63, 3.8) is 0 Å². The van der Waals surface area contributed by atoms with Crippen LogP contribution in [0.3, 0.4) is 0 Å². The maximum atomic E-state index is 12.5. The Morgan fingerprint density at radius 2 is 2.16 bits per heavy atom. The molecule has 0 fully saturated rings. The second-order valence-corrected chi connectivity index (χ2v) is 5.95. The highest BCUT2D eigenvalue weighted by atomic mass is 16.5. The molecule has 6 nitrogen and oxygen atoms in total. The van der Waals surface area contributed by atoms with Crippen molar-refractivity contribution in [2.75, 3.05) is 13.7 Å². The number of amides is 1. The van der Waals surface area contributed by atoms with E-state index in [4.69, 9.17) is 13.9 Å². The van der Waals surface area contributed by atoms with Gasteiger partial charge in [-0.2, -0.15) is 0 Å². The predicted octanol–water partition coefficient (Wildman–Crippen LogP) is 2.70. The first-order chi connectivity index (χ1) is 12.2. The third-order valence-corrected chi connectivity index (χ3v) is 4.30. The summed E-state index contributed by atoms with van der Waals surface area (Å²) in [6, 6.07) is 13.2. The Morgan fingerprint density at radius 1 is 1.28 bits per heavy atom. The summed E-state index contributed by atoms with van der Waals surface area (Å²) in [6.07, 6.45) is 0.617. The molecule has 2 aromatic carbocycles. The number of hydrogen-bond donors (Lipinski definition) is 1. The van der Waals surface area contributed by atoms with E-state index in [2.05, 4.69) is 10.3 Å². The smallest absolute Gasteiger partial charge is 0.227 e. The van der Waals surface area contributed by atoms with Crippen LogP contribution in [0.1, 0.15) is 11.5 Å². The van der Waals surface area contributed by atoms with Crippen LogP contribution in [0.15, 0.2) is 46.9 Å². The van der Waals surface area contributed by atoms with Gasteiger partial charge in [0.05, 0.1) is 19.6 Å². The minimum Gasteiger partial charge on any atom is -0.493 e. The quantitative estimate of drug-likeness (QED) is 0.792. The van der Waals surface area contributed by atoms with Crippen LogP contribution >= 0.6 is 0 Å². The summed E-state index contributed by atoms with van der Waals surface area (Å²) >= 11 is 0. The van der Waals surface area contributed by atoms with Crippen molar-refractivity contribution in [1.82, 2.24) is 10.3 Å². The molecule has 1 aliphatic heterocycles. The fourth-order valence-corrected chi connectivity index (χ4v) is 3.03. The van der Waals surface area contributed by atoms with Gasteiger partial charge >= 0.3 is 0 Å². The van der Waals surface area contributed by atoms with Crippen molar-refractivity contribution in [2.24, 2.45) is 5.92 Å². The molecule has 25 heavy (non-hydrogen) atoms. The zero-order valence-electron chi connectivity index (χ0n) is 13.8. The summed E-state index contributed by atoms with van der Waals surface area (Å²) in [6.45, 7) is 0.585. The zero-order valence-corrected chi connectivity index (χ0v) is 13.8. The topological polar surface area (TPSA) is 73.6 Å². The molecule has 3 aromatic rings. The Bertz CT molecular complexity index is 886. The molecule has 4 rings (SSSR count). The monoisotopic (exact) mass is 338 g/mol. The number of rotatable bonds is 4. The molecule has 6 heteroatoms. The first kappa shape index (κ1) is 15.5. The molecule has 0 unspecified atom stereocenters. The minimum atomic E-state index is -0.246. The van der Waals surface area contributed by atoms with Gasteiger partial charge in [-0.15, -0.1) is 0 Å². The Kier molecular flexibility index (Phi) is 4.01. The standard InChI is InChI=1S/C19H18N2O4/c1-23-16-8-4-5-12-9-13(11-24-18(12)16)19(22)20-10-17-21-14-6-2-3-7-15(14)25-17/h2-8,13H,9-11H2,1H3,(H,20,22)/t13-/m0/s1. The minimum absolute atomic E-state index is 0.0734. The number of oxazole rings is 1. The van der Waals surface area contributed by atoms with Crippen LogP contribution in [0.2, 0.25) is 0 Å². The third kappa shape index (κ3) is 3.03. The molecule has 128 valence electrons.